The summed E-state index contributed by atoms with van der Waals surface area (Å²) in [6, 6.07) is 9.89. The highest BCUT2D eigenvalue weighted by Crippen LogP contribution is 2.13. The average molecular weight is 302 g/mol. The summed E-state index contributed by atoms with van der Waals surface area (Å²) in [5.74, 6) is 0.103. The molecule has 112 valence electrons. The number of amides is 1. The predicted octanol–water partition coefficient (Wildman–Crippen LogP) is 3.26. The van der Waals surface area contributed by atoms with Gasteiger partial charge in [-0.1, -0.05) is 17.7 Å². The van der Waals surface area contributed by atoms with Crippen LogP contribution in [-0.4, -0.2) is 42.9 Å². The highest BCUT2D eigenvalue weighted by atomic mass is 32.1. The lowest BCUT2D eigenvalue weighted by molar-refractivity contribution is 0.0732. The second kappa shape index (κ2) is 7.38. The van der Waals surface area contributed by atoms with E-state index in [0.29, 0.717) is 6.54 Å². The number of likely N-dealkylation sites (N-methyl/N-ethyl adjacent to an activating group) is 1. The number of aryl methyl sites for hydroxylation is 1. The molecule has 1 aromatic heterocycles. The molecule has 0 unspecified atom stereocenters. The lowest BCUT2D eigenvalue weighted by atomic mass is 10.1. The molecule has 0 radical (unpaired) electrons. The molecule has 0 fully saturated rings. The number of thiophene rings is 1. The van der Waals surface area contributed by atoms with Crippen LogP contribution in [0, 0.1) is 6.92 Å². The van der Waals surface area contributed by atoms with Gasteiger partial charge in [-0.3, -0.25) is 4.79 Å². The van der Waals surface area contributed by atoms with Crippen LogP contribution in [0.15, 0.2) is 41.1 Å². The zero-order valence-electron chi connectivity index (χ0n) is 12.9. The van der Waals surface area contributed by atoms with Crippen LogP contribution in [0.3, 0.4) is 0 Å². The van der Waals surface area contributed by atoms with E-state index in [-0.39, 0.29) is 5.91 Å². The Kier molecular flexibility index (Phi) is 5.53. The van der Waals surface area contributed by atoms with Gasteiger partial charge < -0.3 is 9.80 Å². The molecule has 4 heteroatoms. The summed E-state index contributed by atoms with van der Waals surface area (Å²) in [7, 11) is 4.06. The zero-order valence-corrected chi connectivity index (χ0v) is 13.7. The minimum absolute atomic E-state index is 0.103. The summed E-state index contributed by atoms with van der Waals surface area (Å²) in [6.07, 6.45) is 0. The van der Waals surface area contributed by atoms with Gasteiger partial charge in [-0.2, -0.15) is 11.3 Å². The van der Waals surface area contributed by atoms with Crippen LogP contribution in [0.1, 0.15) is 21.5 Å². The van der Waals surface area contributed by atoms with Crippen molar-refractivity contribution >= 4 is 17.2 Å². The van der Waals surface area contributed by atoms with Crippen molar-refractivity contribution in [1.82, 2.24) is 9.80 Å². The first-order valence-electron chi connectivity index (χ1n) is 7.08. The fourth-order valence-electron chi connectivity index (χ4n) is 2.14. The molecule has 1 amide bonds. The monoisotopic (exact) mass is 302 g/mol. The summed E-state index contributed by atoms with van der Waals surface area (Å²) in [6.45, 7) is 4.28. The smallest absolute Gasteiger partial charge is 0.254 e. The van der Waals surface area contributed by atoms with Crippen LogP contribution >= 0.6 is 11.3 Å². The first kappa shape index (κ1) is 15.7. The van der Waals surface area contributed by atoms with E-state index >= 15 is 0 Å². The van der Waals surface area contributed by atoms with Crippen molar-refractivity contribution in [2.45, 2.75) is 13.5 Å². The van der Waals surface area contributed by atoms with Gasteiger partial charge in [-0.15, -0.1) is 0 Å². The number of hydrogen-bond acceptors (Lipinski definition) is 3. The van der Waals surface area contributed by atoms with Gasteiger partial charge in [-0.25, -0.2) is 0 Å². The Morgan fingerprint density at radius 2 is 2.00 bits per heavy atom. The highest BCUT2D eigenvalue weighted by molar-refractivity contribution is 7.07. The third kappa shape index (κ3) is 4.69. The molecule has 0 aliphatic carbocycles. The second-order valence-electron chi connectivity index (χ2n) is 5.53. The Bertz CT molecular complexity index is 578. The number of benzene rings is 1. The van der Waals surface area contributed by atoms with Gasteiger partial charge in [0.05, 0.1) is 0 Å². The number of carbonyl (C=O) groups excluding carboxylic acids is 1. The zero-order chi connectivity index (χ0) is 15.2. The predicted molar refractivity (Wildman–Crippen MR) is 88.8 cm³/mol. The van der Waals surface area contributed by atoms with Crippen molar-refractivity contribution in [2.24, 2.45) is 0 Å². The van der Waals surface area contributed by atoms with Crippen LogP contribution in [0.25, 0.3) is 0 Å². The van der Waals surface area contributed by atoms with Crippen molar-refractivity contribution in [3.8, 4) is 0 Å². The molecule has 2 rings (SSSR count). The lowest BCUT2D eigenvalue weighted by Crippen LogP contribution is -2.36. The normalized spacial score (nSPS) is 10.9. The maximum atomic E-state index is 12.7. The molecule has 0 N–H and O–H groups in total. The fourth-order valence-corrected chi connectivity index (χ4v) is 2.80. The molecule has 0 bridgehead atoms. The largest absolute Gasteiger partial charge is 0.333 e. The molecular formula is C17H22N2OS. The molecule has 3 nitrogen and oxygen atoms in total. The van der Waals surface area contributed by atoms with E-state index in [0.717, 1.165) is 24.2 Å². The van der Waals surface area contributed by atoms with Crippen LogP contribution in [0.4, 0.5) is 0 Å². The van der Waals surface area contributed by atoms with E-state index in [1.165, 1.54) is 5.56 Å². The summed E-state index contributed by atoms with van der Waals surface area (Å²) >= 11 is 1.67. The molecule has 1 heterocycles. The minimum atomic E-state index is 0.103. The average Bonchev–Trinajstić information content (AvgIpc) is 2.95. The SMILES string of the molecule is Cc1cccc(C(=O)N(CCN(C)C)Cc2ccsc2)c1. The van der Waals surface area contributed by atoms with Gasteiger partial charge in [-0.05, 0) is 55.5 Å². The summed E-state index contributed by atoms with van der Waals surface area (Å²) in [5.41, 5.74) is 3.08. The molecule has 0 saturated heterocycles. The molecule has 21 heavy (non-hydrogen) atoms. The minimum Gasteiger partial charge on any atom is -0.333 e. The van der Waals surface area contributed by atoms with Gasteiger partial charge in [0.2, 0.25) is 0 Å². The van der Waals surface area contributed by atoms with Crippen LogP contribution in [0.2, 0.25) is 0 Å². The summed E-state index contributed by atoms with van der Waals surface area (Å²) in [5, 5.41) is 4.16. The Hall–Kier alpha value is -1.65. The van der Waals surface area contributed by atoms with Gasteiger partial charge in [0.1, 0.15) is 0 Å². The number of nitrogens with zero attached hydrogens (tertiary/aromatic N) is 2. The Morgan fingerprint density at radius 1 is 1.19 bits per heavy atom. The maximum absolute atomic E-state index is 12.7. The third-order valence-electron chi connectivity index (χ3n) is 3.32. The first-order valence-corrected chi connectivity index (χ1v) is 8.02. The summed E-state index contributed by atoms with van der Waals surface area (Å²) in [4.78, 5) is 16.8. The molecule has 0 aliphatic heterocycles. The number of hydrogen-bond donors (Lipinski definition) is 0. The Morgan fingerprint density at radius 3 is 2.62 bits per heavy atom. The fraction of sp³-hybridized carbons (Fsp3) is 0.353. The summed E-state index contributed by atoms with van der Waals surface area (Å²) < 4.78 is 0. The van der Waals surface area contributed by atoms with Crippen LogP contribution in [0.5, 0.6) is 0 Å². The third-order valence-corrected chi connectivity index (χ3v) is 4.05. The van der Waals surface area contributed by atoms with Gasteiger partial charge in [0.25, 0.3) is 5.91 Å². The molecule has 0 spiro atoms. The van der Waals surface area contributed by atoms with Crippen molar-refractivity contribution in [3.63, 3.8) is 0 Å². The lowest BCUT2D eigenvalue weighted by Gasteiger charge is -2.24. The molecular weight excluding hydrogens is 280 g/mol. The molecule has 0 atom stereocenters. The van der Waals surface area contributed by atoms with Crippen LogP contribution < -0.4 is 0 Å². The van der Waals surface area contributed by atoms with E-state index in [9.17, 15) is 4.79 Å². The van der Waals surface area contributed by atoms with Crippen molar-refractivity contribution in [3.05, 3.63) is 57.8 Å². The topological polar surface area (TPSA) is 23.6 Å². The van der Waals surface area contributed by atoms with Crippen molar-refractivity contribution in [2.75, 3.05) is 27.2 Å². The van der Waals surface area contributed by atoms with Gasteiger partial charge >= 0.3 is 0 Å². The Balaban J connectivity index is 2.15. The maximum Gasteiger partial charge on any atom is 0.254 e. The van der Waals surface area contributed by atoms with Gasteiger partial charge in [0.15, 0.2) is 0 Å². The number of rotatable bonds is 6. The van der Waals surface area contributed by atoms with Gasteiger partial charge in [0, 0.05) is 25.2 Å². The molecule has 1 aromatic carbocycles. The molecule has 0 saturated carbocycles. The molecule has 2 aromatic rings. The van der Waals surface area contributed by atoms with E-state index in [2.05, 4.69) is 21.7 Å². The van der Waals surface area contributed by atoms with E-state index in [1.54, 1.807) is 11.3 Å². The van der Waals surface area contributed by atoms with E-state index in [1.807, 2.05) is 50.2 Å². The van der Waals surface area contributed by atoms with E-state index in [4.69, 9.17) is 0 Å². The quantitative estimate of drug-likeness (QED) is 0.817. The molecule has 0 aliphatic rings. The first-order chi connectivity index (χ1) is 10.1. The van der Waals surface area contributed by atoms with Crippen LogP contribution in [-0.2, 0) is 6.54 Å². The van der Waals surface area contributed by atoms with Crippen molar-refractivity contribution < 1.29 is 4.79 Å². The Labute approximate surface area is 130 Å². The van der Waals surface area contributed by atoms with Crippen molar-refractivity contribution in [1.29, 1.82) is 0 Å². The number of carbonyl (C=O) groups is 1. The standard InChI is InChI=1S/C17H22N2OS/c1-14-5-4-6-16(11-14)17(20)19(9-8-18(2)3)12-15-7-10-21-13-15/h4-7,10-11,13H,8-9,12H2,1-3H3. The van der Waals surface area contributed by atoms with E-state index < -0.39 is 0 Å². The highest BCUT2D eigenvalue weighted by Gasteiger charge is 2.16. The second-order valence-corrected chi connectivity index (χ2v) is 6.31.